The number of rotatable bonds is 6. The van der Waals surface area contributed by atoms with E-state index in [4.69, 9.17) is 11.6 Å². The van der Waals surface area contributed by atoms with Crippen molar-refractivity contribution in [3.8, 4) is 0 Å². The average molecular weight is 532 g/mol. The highest BCUT2D eigenvalue weighted by molar-refractivity contribution is 6.33. The van der Waals surface area contributed by atoms with Crippen LogP contribution in [-0.4, -0.2) is 32.4 Å². The highest BCUT2D eigenvalue weighted by Gasteiger charge is 2.35. The van der Waals surface area contributed by atoms with E-state index in [0.717, 1.165) is 10.9 Å². The second kappa shape index (κ2) is 10.4. The van der Waals surface area contributed by atoms with Gasteiger partial charge in [0.15, 0.2) is 0 Å². The molecule has 0 saturated heterocycles. The largest absolute Gasteiger partial charge is 0.349 e. The molecule has 1 aliphatic rings. The average Bonchev–Trinajstić information content (AvgIpc) is 2.81. The zero-order valence-electron chi connectivity index (χ0n) is 21.4. The minimum absolute atomic E-state index is 0.114. The van der Waals surface area contributed by atoms with Gasteiger partial charge < -0.3 is 10.6 Å². The topological polar surface area (TPSA) is 88.9 Å². The van der Waals surface area contributed by atoms with Gasteiger partial charge in [-0.05, 0) is 48.9 Å². The van der Waals surface area contributed by atoms with Gasteiger partial charge in [0, 0.05) is 43.1 Å². The Balaban J connectivity index is 1.48. The van der Waals surface area contributed by atoms with Crippen molar-refractivity contribution in [2.45, 2.75) is 77.9 Å². The number of aromatic nitrogens is 3. The van der Waals surface area contributed by atoms with E-state index in [-0.39, 0.29) is 59.7 Å². The molecule has 0 spiro atoms. The number of nitrogens with zero attached hydrogens (tertiary/aromatic N) is 3. The molecule has 0 radical (unpaired) electrons. The molecule has 1 unspecified atom stereocenters. The monoisotopic (exact) mass is 531 g/mol. The predicted octanol–water partition coefficient (Wildman–Crippen LogP) is 5.97. The van der Waals surface area contributed by atoms with Gasteiger partial charge in [-0.1, -0.05) is 38.4 Å². The minimum Gasteiger partial charge on any atom is -0.349 e. The second-order valence-corrected chi connectivity index (χ2v) is 11.4. The number of alkyl halides is 2. The van der Waals surface area contributed by atoms with Crippen LogP contribution in [0.25, 0.3) is 11.0 Å². The Morgan fingerprint density at radius 1 is 1.22 bits per heavy atom. The highest BCUT2D eigenvalue weighted by Crippen LogP contribution is 2.33. The van der Waals surface area contributed by atoms with Gasteiger partial charge in [-0.25, -0.2) is 13.8 Å². The second-order valence-electron chi connectivity index (χ2n) is 11.0. The maximum atomic E-state index is 13.4. The Morgan fingerprint density at radius 3 is 2.57 bits per heavy atom. The fourth-order valence-corrected chi connectivity index (χ4v) is 4.75. The maximum absolute atomic E-state index is 13.4. The summed E-state index contributed by atoms with van der Waals surface area (Å²) in [5, 5.41) is 7.10. The molecule has 3 aromatic rings. The molecule has 2 N–H and O–H groups in total. The van der Waals surface area contributed by atoms with Gasteiger partial charge >= 0.3 is 0 Å². The summed E-state index contributed by atoms with van der Waals surface area (Å²) in [5.74, 6) is -2.66. The number of hydrogen-bond acceptors (Lipinski definition) is 5. The Kier molecular flexibility index (Phi) is 7.55. The van der Waals surface area contributed by atoms with Crippen molar-refractivity contribution in [3.63, 3.8) is 0 Å². The lowest BCUT2D eigenvalue weighted by Gasteiger charge is -2.28. The smallest absolute Gasteiger partial charge is 0.253 e. The first kappa shape index (κ1) is 27.0. The number of benzene rings is 1. The molecule has 2 heterocycles. The number of pyridine rings is 1. The summed E-state index contributed by atoms with van der Waals surface area (Å²) in [6.45, 7) is 8.60. The predicted molar refractivity (Wildman–Crippen MR) is 141 cm³/mol. The van der Waals surface area contributed by atoms with E-state index in [0.29, 0.717) is 23.7 Å². The minimum atomic E-state index is -2.65. The molecular formula is C27H32ClF2N5O2. The number of carbonyl (C=O) groups excluding carboxylic acids is 1. The fraction of sp³-hybridized carbons (Fsp3) is 0.481. The first-order valence-electron chi connectivity index (χ1n) is 12.4. The van der Waals surface area contributed by atoms with Crippen molar-refractivity contribution < 1.29 is 13.6 Å². The number of halogens is 3. The van der Waals surface area contributed by atoms with Crippen LogP contribution >= 0.6 is 11.6 Å². The fourth-order valence-electron chi connectivity index (χ4n) is 4.48. The van der Waals surface area contributed by atoms with Gasteiger partial charge in [-0.15, -0.1) is 0 Å². The summed E-state index contributed by atoms with van der Waals surface area (Å²) in [7, 11) is 0. The van der Waals surface area contributed by atoms with Crippen molar-refractivity contribution in [2.24, 2.45) is 5.41 Å². The molecule has 4 rings (SSSR count). The van der Waals surface area contributed by atoms with Crippen LogP contribution < -0.4 is 16.2 Å². The van der Waals surface area contributed by atoms with Gasteiger partial charge in [0.1, 0.15) is 5.65 Å². The SMILES string of the molecule is CC(Nc1ncc2ccc(=O)n(CC(C)(C)C)c2n1)c1ccc(C(=O)NC2CCC(F)(F)CC2)c(Cl)c1. The number of amides is 1. The third-order valence-electron chi connectivity index (χ3n) is 6.49. The molecule has 1 saturated carbocycles. The summed E-state index contributed by atoms with van der Waals surface area (Å²) in [5.41, 5.74) is 1.42. The van der Waals surface area contributed by atoms with Crippen LogP contribution in [0.3, 0.4) is 0 Å². The van der Waals surface area contributed by atoms with Crippen LogP contribution in [0.4, 0.5) is 14.7 Å². The van der Waals surface area contributed by atoms with Crippen molar-refractivity contribution in [1.82, 2.24) is 19.9 Å². The van der Waals surface area contributed by atoms with Gasteiger partial charge in [-0.3, -0.25) is 14.2 Å². The lowest BCUT2D eigenvalue weighted by Crippen LogP contribution is -2.40. The van der Waals surface area contributed by atoms with Crippen molar-refractivity contribution in [2.75, 3.05) is 5.32 Å². The maximum Gasteiger partial charge on any atom is 0.253 e. The van der Waals surface area contributed by atoms with Gasteiger partial charge in [0.25, 0.3) is 11.5 Å². The first-order valence-corrected chi connectivity index (χ1v) is 12.8. The third-order valence-corrected chi connectivity index (χ3v) is 6.80. The third kappa shape index (κ3) is 6.63. The van der Waals surface area contributed by atoms with Gasteiger partial charge in [0.05, 0.1) is 16.6 Å². The summed E-state index contributed by atoms with van der Waals surface area (Å²) in [4.78, 5) is 34.3. The zero-order chi connectivity index (χ0) is 27.0. The number of nitrogens with one attached hydrogen (secondary N) is 2. The summed E-state index contributed by atoms with van der Waals surface area (Å²) in [6.07, 6.45) is 1.71. The molecule has 198 valence electrons. The summed E-state index contributed by atoms with van der Waals surface area (Å²) >= 11 is 6.43. The number of anilines is 1. The van der Waals surface area contributed by atoms with Crippen LogP contribution in [0.2, 0.25) is 5.02 Å². The molecule has 0 aliphatic heterocycles. The van der Waals surface area contributed by atoms with Crippen LogP contribution in [0, 0.1) is 5.41 Å². The molecule has 0 bridgehead atoms. The lowest BCUT2D eigenvalue weighted by molar-refractivity contribution is -0.0399. The quantitative estimate of drug-likeness (QED) is 0.409. The van der Waals surface area contributed by atoms with E-state index < -0.39 is 5.92 Å². The van der Waals surface area contributed by atoms with Crippen LogP contribution in [0.15, 0.2) is 41.3 Å². The van der Waals surface area contributed by atoms with Crippen molar-refractivity contribution >= 4 is 34.5 Å². The molecule has 37 heavy (non-hydrogen) atoms. The number of fused-ring (bicyclic) bond motifs is 1. The van der Waals surface area contributed by atoms with E-state index in [2.05, 4.69) is 41.4 Å². The van der Waals surface area contributed by atoms with E-state index in [1.807, 2.05) is 6.92 Å². The Labute approximate surface area is 219 Å². The molecule has 7 nitrogen and oxygen atoms in total. The Bertz CT molecular complexity index is 1360. The normalized spacial score (nSPS) is 16.9. The highest BCUT2D eigenvalue weighted by atomic mass is 35.5. The van der Waals surface area contributed by atoms with E-state index in [9.17, 15) is 18.4 Å². The lowest BCUT2D eigenvalue weighted by atomic mass is 9.92. The van der Waals surface area contributed by atoms with Crippen LogP contribution in [0.5, 0.6) is 0 Å². The zero-order valence-corrected chi connectivity index (χ0v) is 22.2. The van der Waals surface area contributed by atoms with E-state index >= 15 is 0 Å². The Morgan fingerprint density at radius 2 is 1.92 bits per heavy atom. The Hall–Kier alpha value is -3.07. The molecular weight excluding hydrogens is 500 g/mol. The van der Waals surface area contributed by atoms with Gasteiger partial charge in [0.2, 0.25) is 11.9 Å². The van der Waals surface area contributed by atoms with Crippen LogP contribution in [0.1, 0.15) is 75.3 Å². The van der Waals surface area contributed by atoms with E-state index in [1.165, 1.54) is 6.07 Å². The summed E-state index contributed by atoms with van der Waals surface area (Å²) in [6, 6.07) is 7.81. The standard InChI is InChI=1S/C27H32ClF2N5O2/c1-16(32-25-31-14-18-6-8-22(36)35(23(18)34-25)15-26(2,3)4)17-5-7-20(21(28)13-17)24(37)33-19-9-11-27(29,30)12-10-19/h5-8,13-14,16,19H,9-12,15H2,1-4H3,(H,33,37)(H,31,32,34). The first-order chi connectivity index (χ1) is 17.3. The van der Waals surface area contributed by atoms with Crippen molar-refractivity contribution in [3.05, 3.63) is 63.0 Å². The molecule has 1 amide bonds. The molecule has 2 aromatic heterocycles. The molecule has 1 fully saturated rings. The van der Waals surface area contributed by atoms with E-state index in [1.54, 1.807) is 35.0 Å². The molecule has 10 heteroatoms. The summed E-state index contributed by atoms with van der Waals surface area (Å²) < 4.78 is 28.4. The van der Waals surface area contributed by atoms with Crippen LogP contribution in [-0.2, 0) is 6.54 Å². The molecule has 1 aliphatic carbocycles. The van der Waals surface area contributed by atoms with Crippen molar-refractivity contribution in [1.29, 1.82) is 0 Å². The van der Waals surface area contributed by atoms with Gasteiger partial charge in [-0.2, -0.15) is 4.98 Å². The molecule has 1 aromatic carbocycles. The number of carbonyl (C=O) groups is 1. The molecule has 1 atom stereocenters. The number of hydrogen-bond donors (Lipinski definition) is 2.